The van der Waals surface area contributed by atoms with Crippen LogP contribution in [0.2, 0.25) is 0 Å². The lowest BCUT2D eigenvalue weighted by Gasteiger charge is -2.32. The van der Waals surface area contributed by atoms with E-state index in [1.165, 1.54) is 0 Å². The Labute approximate surface area is 141 Å². The normalized spacial score (nSPS) is 22.2. The molecule has 0 radical (unpaired) electrons. The molecule has 2 heterocycles. The Kier molecular flexibility index (Phi) is 2.68. The van der Waals surface area contributed by atoms with Crippen LogP contribution in [0, 0.1) is 0 Å². The van der Waals surface area contributed by atoms with E-state index in [0.717, 1.165) is 0 Å². The average Bonchev–Trinajstić information content (AvgIpc) is 2.72. The van der Waals surface area contributed by atoms with Crippen LogP contribution in [0.25, 0.3) is 10.8 Å². The van der Waals surface area contributed by atoms with Gasteiger partial charge in [0.1, 0.15) is 0 Å². The van der Waals surface area contributed by atoms with E-state index in [2.05, 4.69) is 9.72 Å². The molecular formula is C17H20BNO4. The summed E-state index contributed by atoms with van der Waals surface area (Å²) in [6.45, 7) is 7.59. The number of carbonyl (C=O) groups excluding carboxylic acids is 1. The first-order valence-corrected chi connectivity index (χ1v) is 7.31. The van der Waals surface area contributed by atoms with Crippen LogP contribution < -0.4 is 5.46 Å². The molecule has 0 aliphatic carbocycles. The molecule has 0 saturated carbocycles. The highest BCUT2D eigenvalue weighted by molar-refractivity contribution is 6.65. The van der Waals surface area contributed by atoms with Crippen molar-refractivity contribution in [2.45, 2.75) is 38.9 Å². The number of rotatable bonds is 2. The Balaban J connectivity index is 2.14. The van der Waals surface area contributed by atoms with E-state index >= 15 is 0 Å². The lowest BCUT2D eigenvalue weighted by Crippen LogP contribution is -2.41. The highest BCUT2D eigenvalue weighted by Crippen LogP contribution is 2.37. The molecule has 2 aromatic rings. The van der Waals surface area contributed by atoms with Gasteiger partial charge < -0.3 is 14.0 Å². The third kappa shape index (κ3) is 2.52. The minimum Gasteiger partial charge on any atom is -0.464 e. The van der Waals surface area contributed by atoms with Crippen molar-refractivity contribution in [1.29, 1.82) is 0 Å². The summed E-state index contributed by atoms with van der Waals surface area (Å²) in [5.74, 6) is -1.11. The van der Waals surface area contributed by atoms with Crippen molar-refractivity contribution in [1.82, 2.24) is 4.98 Å². The second kappa shape index (κ2) is 5.32. The maximum atomic E-state index is 12.3. The van der Waals surface area contributed by atoms with Gasteiger partial charge in [-0.15, -0.1) is 0 Å². The Bertz CT molecular complexity index is 898. The standard InChI is InChI=1S/C17H20BNO4/c1-16(2)17(3,4)23-18(22-16)13-10-19-14(15(20)21-5)12-9-7-6-8-11(12)13/h6-10H,1-5H3/i5D3,10D. The molecule has 0 atom stereocenters. The number of nitrogens with zero attached hydrogens (tertiary/aromatic N) is 1. The van der Waals surface area contributed by atoms with Crippen molar-refractivity contribution in [2.24, 2.45) is 0 Å². The average molecular weight is 317 g/mol. The number of ether oxygens (including phenoxy) is 1. The summed E-state index contributed by atoms with van der Waals surface area (Å²) in [7, 11) is -3.74. The van der Waals surface area contributed by atoms with E-state index < -0.39 is 31.3 Å². The number of methoxy groups -OCH3 is 1. The lowest BCUT2D eigenvalue weighted by molar-refractivity contribution is 0.00578. The summed E-state index contributed by atoms with van der Waals surface area (Å²) in [6.07, 6.45) is -0.232. The van der Waals surface area contributed by atoms with Gasteiger partial charge in [0, 0.05) is 17.0 Å². The van der Waals surface area contributed by atoms with E-state index in [1.54, 1.807) is 24.3 Å². The van der Waals surface area contributed by atoms with Gasteiger partial charge >= 0.3 is 13.1 Å². The van der Waals surface area contributed by atoms with Gasteiger partial charge in [-0.1, -0.05) is 24.3 Å². The third-order valence-electron chi connectivity index (χ3n) is 4.54. The molecule has 1 aliphatic heterocycles. The van der Waals surface area contributed by atoms with E-state index in [4.69, 9.17) is 14.8 Å². The molecule has 1 saturated heterocycles. The molecule has 6 heteroatoms. The molecule has 0 spiro atoms. The Hall–Kier alpha value is -1.92. The number of hydrogen-bond acceptors (Lipinski definition) is 5. The number of hydrogen-bond donors (Lipinski definition) is 0. The van der Waals surface area contributed by atoms with Crippen molar-refractivity contribution in [3.8, 4) is 0 Å². The van der Waals surface area contributed by atoms with Gasteiger partial charge in [-0.25, -0.2) is 9.78 Å². The third-order valence-corrected chi connectivity index (χ3v) is 4.54. The van der Waals surface area contributed by atoms with Crippen LogP contribution in [0.5, 0.6) is 0 Å². The molecule has 5 nitrogen and oxygen atoms in total. The number of esters is 1. The van der Waals surface area contributed by atoms with Gasteiger partial charge in [0.2, 0.25) is 0 Å². The molecule has 1 aromatic heterocycles. The maximum Gasteiger partial charge on any atom is 0.497 e. The second-order valence-corrected chi connectivity index (χ2v) is 6.51. The highest BCUT2D eigenvalue weighted by Gasteiger charge is 2.52. The molecule has 0 amide bonds. The summed E-state index contributed by atoms with van der Waals surface area (Å²) in [5, 5.41) is 0.890. The largest absolute Gasteiger partial charge is 0.497 e. The van der Waals surface area contributed by atoms with E-state index in [1.807, 2.05) is 27.7 Å². The fourth-order valence-corrected chi connectivity index (χ4v) is 2.51. The smallest absolute Gasteiger partial charge is 0.464 e. The van der Waals surface area contributed by atoms with E-state index in [9.17, 15) is 4.79 Å². The summed E-state index contributed by atoms with van der Waals surface area (Å²) in [6, 6.07) is 6.76. The van der Waals surface area contributed by atoms with Gasteiger partial charge in [0.15, 0.2) is 5.69 Å². The molecule has 0 bridgehead atoms. The van der Waals surface area contributed by atoms with Gasteiger partial charge in [0.25, 0.3) is 0 Å². The first kappa shape index (κ1) is 11.6. The Morgan fingerprint density at radius 3 is 2.43 bits per heavy atom. The van der Waals surface area contributed by atoms with Gasteiger partial charge in [-0.05, 0) is 33.1 Å². The van der Waals surface area contributed by atoms with Crippen molar-refractivity contribution in [2.75, 3.05) is 7.04 Å². The molecule has 0 N–H and O–H groups in total. The summed E-state index contributed by atoms with van der Waals surface area (Å²) in [4.78, 5) is 16.3. The van der Waals surface area contributed by atoms with Crippen LogP contribution in [0.15, 0.2) is 30.4 Å². The van der Waals surface area contributed by atoms with Crippen LogP contribution in [0.4, 0.5) is 0 Å². The number of benzene rings is 1. The number of carbonyl (C=O) groups is 1. The van der Waals surface area contributed by atoms with Crippen molar-refractivity contribution >= 4 is 29.3 Å². The number of pyridine rings is 1. The van der Waals surface area contributed by atoms with Crippen LogP contribution in [-0.4, -0.2) is 36.3 Å². The van der Waals surface area contributed by atoms with Crippen molar-refractivity contribution in [3.05, 3.63) is 36.1 Å². The van der Waals surface area contributed by atoms with Crippen LogP contribution in [0.1, 0.15) is 43.7 Å². The summed E-state index contributed by atoms with van der Waals surface area (Å²) >= 11 is 0. The summed E-state index contributed by atoms with van der Waals surface area (Å²) in [5.41, 5.74) is -1.06. The fourth-order valence-electron chi connectivity index (χ4n) is 2.51. The molecular weight excluding hydrogens is 293 g/mol. The summed E-state index contributed by atoms with van der Waals surface area (Å²) < 4.78 is 46.2. The molecule has 0 unspecified atom stereocenters. The highest BCUT2D eigenvalue weighted by atomic mass is 16.7. The van der Waals surface area contributed by atoms with Crippen molar-refractivity contribution < 1.29 is 24.3 Å². The van der Waals surface area contributed by atoms with Crippen LogP contribution >= 0.6 is 0 Å². The SMILES string of the molecule is [2H]c1nc(C(=O)OC([2H])([2H])[2H])c2ccccc2c1B1OC(C)(C)C(C)(C)O1. The zero-order valence-corrected chi connectivity index (χ0v) is 13.5. The monoisotopic (exact) mass is 317 g/mol. The zero-order valence-electron chi connectivity index (χ0n) is 17.5. The van der Waals surface area contributed by atoms with Gasteiger partial charge in [-0.3, -0.25) is 0 Å². The fraction of sp³-hybridized carbons (Fsp3) is 0.412. The van der Waals surface area contributed by atoms with E-state index in [0.29, 0.717) is 16.2 Å². The first-order valence-electron chi connectivity index (χ1n) is 9.31. The predicted octanol–water partition coefficient (Wildman–Crippen LogP) is 2.32. The zero-order chi connectivity index (χ0) is 20.2. The maximum absolute atomic E-state index is 12.3. The molecule has 1 aliphatic rings. The Morgan fingerprint density at radius 2 is 1.83 bits per heavy atom. The van der Waals surface area contributed by atoms with Crippen LogP contribution in [-0.2, 0) is 14.0 Å². The predicted molar refractivity (Wildman–Crippen MR) is 88.8 cm³/mol. The lowest BCUT2D eigenvalue weighted by atomic mass is 9.77. The first-order chi connectivity index (χ1) is 12.3. The number of fused-ring (bicyclic) bond motifs is 1. The second-order valence-electron chi connectivity index (χ2n) is 6.51. The molecule has 3 rings (SSSR count). The van der Waals surface area contributed by atoms with Gasteiger partial charge in [-0.2, -0.15) is 0 Å². The number of aromatic nitrogens is 1. The Morgan fingerprint density at radius 1 is 1.22 bits per heavy atom. The van der Waals surface area contributed by atoms with Crippen molar-refractivity contribution in [3.63, 3.8) is 0 Å². The molecule has 23 heavy (non-hydrogen) atoms. The topological polar surface area (TPSA) is 57.7 Å². The molecule has 120 valence electrons. The minimum absolute atomic E-state index is 0.230. The van der Waals surface area contributed by atoms with Crippen LogP contribution in [0.3, 0.4) is 0 Å². The van der Waals surface area contributed by atoms with E-state index in [-0.39, 0.29) is 11.9 Å². The quantitative estimate of drug-likeness (QED) is 0.628. The molecule has 1 aromatic carbocycles. The molecule has 1 fully saturated rings. The minimum atomic E-state index is -2.90. The van der Waals surface area contributed by atoms with Gasteiger partial charge in [0.05, 0.1) is 23.7 Å².